The molecular formula is C14H25N3O2S2. The van der Waals surface area contributed by atoms with Crippen molar-refractivity contribution in [3.8, 4) is 0 Å². The van der Waals surface area contributed by atoms with E-state index in [1.165, 1.54) is 0 Å². The van der Waals surface area contributed by atoms with E-state index in [9.17, 15) is 9.90 Å². The van der Waals surface area contributed by atoms with Crippen LogP contribution in [-0.4, -0.2) is 57.4 Å². The summed E-state index contributed by atoms with van der Waals surface area (Å²) in [5.41, 5.74) is -1.48. The Hall–Kier alpha value is -0.370. The Morgan fingerprint density at radius 3 is 2.86 bits per heavy atom. The van der Waals surface area contributed by atoms with Crippen LogP contribution < -0.4 is 10.6 Å². The summed E-state index contributed by atoms with van der Waals surface area (Å²) in [4.78, 5) is 15.1. The van der Waals surface area contributed by atoms with Gasteiger partial charge in [-0.15, -0.1) is 11.8 Å². The number of hydrogen-bond acceptors (Lipinski definition) is 5. The molecule has 0 saturated carbocycles. The van der Waals surface area contributed by atoms with E-state index in [0.717, 1.165) is 12.2 Å². The van der Waals surface area contributed by atoms with Gasteiger partial charge in [0.25, 0.3) is 5.91 Å². The Morgan fingerprint density at radius 2 is 2.24 bits per heavy atom. The van der Waals surface area contributed by atoms with E-state index in [-0.39, 0.29) is 22.7 Å². The smallest absolute Gasteiger partial charge is 0.276 e. The van der Waals surface area contributed by atoms with Crippen LogP contribution in [0.2, 0.25) is 0 Å². The first-order chi connectivity index (χ1) is 9.68. The molecule has 0 bridgehead atoms. The van der Waals surface area contributed by atoms with Gasteiger partial charge in [0, 0.05) is 18.7 Å². The second-order valence-corrected chi connectivity index (χ2v) is 8.46. The van der Waals surface area contributed by atoms with Crippen LogP contribution in [0.25, 0.3) is 0 Å². The van der Waals surface area contributed by atoms with Gasteiger partial charge in [0.15, 0.2) is 0 Å². The SMILES string of the molecule is CN[C@@H](C)C(=S)N[C@]1(O)CCS[C@H]2CC(C)(C)CN2C1=O. The first kappa shape index (κ1) is 17.0. The van der Waals surface area contributed by atoms with Crippen molar-refractivity contribution < 1.29 is 9.90 Å². The largest absolute Gasteiger partial charge is 0.363 e. The lowest BCUT2D eigenvalue weighted by atomic mass is 9.93. The molecule has 5 nitrogen and oxygen atoms in total. The lowest BCUT2D eigenvalue weighted by Gasteiger charge is -2.33. The van der Waals surface area contributed by atoms with Crippen LogP contribution in [0, 0.1) is 5.41 Å². The van der Waals surface area contributed by atoms with E-state index in [0.29, 0.717) is 18.0 Å². The number of thiocarbonyl (C=S) groups is 1. The Kier molecular flexibility index (Phi) is 4.87. The average molecular weight is 332 g/mol. The molecule has 0 radical (unpaired) electrons. The summed E-state index contributed by atoms with van der Waals surface area (Å²) in [5, 5.41) is 16.9. The monoisotopic (exact) mass is 331 g/mol. The third-order valence-corrected chi connectivity index (χ3v) is 5.92. The predicted octanol–water partition coefficient (Wildman–Crippen LogP) is 0.921. The predicted molar refractivity (Wildman–Crippen MR) is 90.2 cm³/mol. The molecule has 0 unspecified atom stereocenters. The number of nitrogens with zero attached hydrogens (tertiary/aromatic N) is 1. The molecule has 2 saturated heterocycles. The molecule has 0 aromatic carbocycles. The van der Waals surface area contributed by atoms with Gasteiger partial charge in [-0.05, 0) is 25.8 Å². The Labute approximate surface area is 136 Å². The number of nitrogens with one attached hydrogen (secondary N) is 2. The molecule has 0 aliphatic carbocycles. The van der Waals surface area contributed by atoms with E-state index >= 15 is 0 Å². The van der Waals surface area contributed by atoms with Crippen molar-refractivity contribution in [2.24, 2.45) is 5.41 Å². The standard InChI is InChI=1S/C14H25N3O2S2/c1-9(15-4)11(20)16-14(19)5-6-21-10-7-13(2,3)8-17(10)12(14)18/h9-10,15,19H,5-8H2,1-4H3,(H,16,20)/t9-,10-,14-/m0/s1. The van der Waals surface area contributed by atoms with Crippen LogP contribution in [0.5, 0.6) is 0 Å². The van der Waals surface area contributed by atoms with E-state index in [4.69, 9.17) is 12.2 Å². The number of carbonyl (C=O) groups excluding carboxylic acids is 1. The van der Waals surface area contributed by atoms with Crippen LogP contribution in [0.4, 0.5) is 0 Å². The third kappa shape index (κ3) is 3.52. The maximum atomic E-state index is 12.8. The number of aliphatic hydroxyl groups is 1. The zero-order chi connectivity index (χ0) is 15.8. The highest BCUT2D eigenvalue weighted by Crippen LogP contribution is 2.42. The van der Waals surface area contributed by atoms with Gasteiger partial charge < -0.3 is 20.6 Å². The summed E-state index contributed by atoms with van der Waals surface area (Å²) >= 11 is 7.03. The highest BCUT2D eigenvalue weighted by Gasteiger charge is 2.50. The fraction of sp³-hybridized carbons (Fsp3) is 0.857. The van der Waals surface area contributed by atoms with Gasteiger partial charge in [0.2, 0.25) is 5.72 Å². The summed E-state index contributed by atoms with van der Waals surface area (Å²) < 4.78 is 0. The zero-order valence-electron chi connectivity index (χ0n) is 13.1. The van der Waals surface area contributed by atoms with E-state index in [1.807, 2.05) is 11.8 Å². The van der Waals surface area contributed by atoms with Gasteiger partial charge in [-0.1, -0.05) is 26.1 Å². The summed E-state index contributed by atoms with van der Waals surface area (Å²) in [5.74, 6) is 0.497. The van der Waals surface area contributed by atoms with Crippen molar-refractivity contribution in [3.63, 3.8) is 0 Å². The molecule has 2 aliphatic heterocycles. The van der Waals surface area contributed by atoms with Crippen LogP contribution in [0.3, 0.4) is 0 Å². The van der Waals surface area contributed by atoms with E-state index in [2.05, 4.69) is 24.5 Å². The maximum absolute atomic E-state index is 12.8. The van der Waals surface area contributed by atoms with Gasteiger partial charge in [0.05, 0.1) is 16.4 Å². The van der Waals surface area contributed by atoms with Crippen molar-refractivity contribution in [2.45, 2.75) is 50.8 Å². The molecule has 3 N–H and O–H groups in total. The molecule has 0 spiro atoms. The first-order valence-electron chi connectivity index (χ1n) is 7.33. The Bertz CT molecular complexity index is 444. The normalized spacial score (nSPS) is 33.3. The van der Waals surface area contributed by atoms with Crippen LogP contribution in [0.15, 0.2) is 0 Å². The van der Waals surface area contributed by atoms with Crippen molar-refractivity contribution >= 4 is 34.9 Å². The molecule has 21 heavy (non-hydrogen) atoms. The molecule has 2 rings (SSSR count). The summed E-state index contributed by atoms with van der Waals surface area (Å²) in [6.07, 6.45) is 1.34. The van der Waals surface area contributed by atoms with Crippen molar-refractivity contribution in [2.75, 3.05) is 19.3 Å². The van der Waals surface area contributed by atoms with E-state index < -0.39 is 5.72 Å². The summed E-state index contributed by atoms with van der Waals surface area (Å²) in [6.45, 7) is 6.91. The average Bonchev–Trinajstić information content (AvgIpc) is 2.66. The van der Waals surface area contributed by atoms with Gasteiger partial charge >= 0.3 is 0 Å². The molecule has 2 aliphatic rings. The van der Waals surface area contributed by atoms with Crippen molar-refractivity contribution in [1.29, 1.82) is 0 Å². The molecule has 0 aromatic rings. The lowest BCUT2D eigenvalue weighted by Crippen LogP contribution is -2.61. The second-order valence-electron chi connectivity index (χ2n) is 6.74. The zero-order valence-corrected chi connectivity index (χ0v) is 14.7. The van der Waals surface area contributed by atoms with Crippen molar-refractivity contribution in [3.05, 3.63) is 0 Å². The minimum Gasteiger partial charge on any atom is -0.363 e. The fourth-order valence-corrected chi connectivity index (χ4v) is 4.70. The highest BCUT2D eigenvalue weighted by molar-refractivity contribution is 7.99. The molecule has 2 fully saturated rings. The van der Waals surface area contributed by atoms with Gasteiger partial charge in [-0.3, -0.25) is 4.79 Å². The number of fused-ring (bicyclic) bond motifs is 1. The number of hydrogen-bond donors (Lipinski definition) is 3. The van der Waals surface area contributed by atoms with Gasteiger partial charge in [-0.2, -0.15) is 0 Å². The molecular weight excluding hydrogens is 306 g/mol. The highest BCUT2D eigenvalue weighted by atomic mass is 32.2. The number of rotatable bonds is 3. The molecule has 2 heterocycles. The first-order valence-corrected chi connectivity index (χ1v) is 8.78. The molecule has 7 heteroatoms. The molecule has 3 atom stereocenters. The lowest BCUT2D eigenvalue weighted by molar-refractivity contribution is -0.152. The minimum atomic E-state index is -1.58. The maximum Gasteiger partial charge on any atom is 0.276 e. The van der Waals surface area contributed by atoms with Crippen LogP contribution >= 0.6 is 24.0 Å². The molecule has 120 valence electrons. The number of likely N-dealkylation sites (N-methyl/N-ethyl adjacent to an activating group) is 1. The topological polar surface area (TPSA) is 64.6 Å². The van der Waals surface area contributed by atoms with Crippen LogP contribution in [0.1, 0.15) is 33.6 Å². The van der Waals surface area contributed by atoms with Gasteiger partial charge in [-0.25, -0.2) is 0 Å². The molecule has 0 aromatic heterocycles. The van der Waals surface area contributed by atoms with Crippen molar-refractivity contribution in [1.82, 2.24) is 15.5 Å². The Balaban J connectivity index is 2.17. The quantitative estimate of drug-likeness (QED) is 0.528. The second kappa shape index (κ2) is 6.02. The summed E-state index contributed by atoms with van der Waals surface area (Å²) in [6, 6.07) is -0.0847. The third-order valence-electron chi connectivity index (χ3n) is 4.22. The van der Waals surface area contributed by atoms with Crippen LogP contribution in [-0.2, 0) is 4.79 Å². The number of carbonyl (C=O) groups is 1. The number of thioether (sulfide) groups is 1. The van der Waals surface area contributed by atoms with Gasteiger partial charge in [0.1, 0.15) is 0 Å². The van der Waals surface area contributed by atoms with E-state index in [1.54, 1.807) is 18.8 Å². The Morgan fingerprint density at radius 1 is 1.57 bits per heavy atom. The summed E-state index contributed by atoms with van der Waals surface area (Å²) in [7, 11) is 1.80. The fourth-order valence-electron chi connectivity index (χ4n) is 2.81. The molecule has 1 amide bonds. The number of amides is 1. The minimum absolute atomic E-state index is 0.0847.